The van der Waals surface area contributed by atoms with E-state index in [9.17, 15) is 14.7 Å². The van der Waals surface area contributed by atoms with Crippen molar-refractivity contribution in [3.8, 4) is 0 Å². The SMILES string of the molecule is Cc1ccc(C(=O)Nc2ccc(Cl)nc2C(=O)O)c2ccccc12. The Hall–Kier alpha value is -2.92. The third kappa shape index (κ3) is 2.94. The number of nitrogens with zero attached hydrogens (tertiary/aromatic N) is 1. The predicted octanol–water partition coefficient (Wildman–Crippen LogP) is 4.15. The number of rotatable bonds is 3. The van der Waals surface area contributed by atoms with Crippen molar-refractivity contribution in [1.82, 2.24) is 4.98 Å². The smallest absolute Gasteiger partial charge is 0.356 e. The van der Waals surface area contributed by atoms with E-state index in [-0.39, 0.29) is 16.5 Å². The molecule has 6 heteroatoms. The lowest BCUT2D eigenvalue weighted by molar-refractivity contribution is 0.0691. The van der Waals surface area contributed by atoms with Crippen molar-refractivity contribution < 1.29 is 14.7 Å². The van der Waals surface area contributed by atoms with Crippen LogP contribution >= 0.6 is 11.6 Å². The highest BCUT2D eigenvalue weighted by Crippen LogP contribution is 2.24. The maximum absolute atomic E-state index is 12.6. The van der Waals surface area contributed by atoms with E-state index in [1.807, 2.05) is 37.3 Å². The van der Waals surface area contributed by atoms with Crippen LogP contribution in [-0.2, 0) is 0 Å². The van der Waals surface area contributed by atoms with E-state index in [0.717, 1.165) is 16.3 Å². The zero-order chi connectivity index (χ0) is 17.3. The predicted molar refractivity (Wildman–Crippen MR) is 92.8 cm³/mol. The number of anilines is 1. The molecule has 0 fully saturated rings. The van der Waals surface area contributed by atoms with Gasteiger partial charge in [0.15, 0.2) is 5.69 Å². The Kier molecular flexibility index (Phi) is 4.18. The van der Waals surface area contributed by atoms with Gasteiger partial charge >= 0.3 is 5.97 Å². The lowest BCUT2D eigenvalue weighted by Gasteiger charge is -2.11. The molecule has 0 aliphatic rings. The van der Waals surface area contributed by atoms with Gasteiger partial charge in [-0.1, -0.05) is 41.9 Å². The first-order chi connectivity index (χ1) is 11.5. The fourth-order valence-corrected chi connectivity index (χ4v) is 2.68. The fourth-order valence-electron chi connectivity index (χ4n) is 2.54. The first-order valence-electron chi connectivity index (χ1n) is 7.17. The van der Waals surface area contributed by atoms with Crippen molar-refractivity contribution >= 4 is 39.9 Å². The molecule has 3 rings (SSSR count). The number of halogens is 1. The minimum Gasteiger partial charge on any atom is -0.476 e. The summed E-state index contributed by atoms with van der Waals surface area (Å²) < 4.78 is 0. The van der Waals surface area contributed by atoms with Gasteiger partial charge in [-0.15, -0.1) is 0 Å². The van der Waals surface area contributed by atoms with Crippen LogP contribution in [0.5, 0.6) is 0 Å². The van der Waals surface area contributed by atoms with E-state index in [1.165, 1.54) is 12.1 Å². The van der Waals surface area contributed by atoms with Crippen LogP contribution in [-0.4, -0.2) is 22.0 Å². The number of fused-ring (bicyclic) bond motifs is 1. The van der Waals surface area contributed by atoms with E-state index in [4.69, 9.17) is 11.6 Å². The van der Waals surface area contributed by atoms with Gasteiger partial charge in [0.2, 0.25) is 0 Å². The average molecular weight is 341 g/mol. The van der Waals surface area contributed by atoms with Gasteiger partial charge in [-0.05, 0) is 41.5 Å². The monoisotopic (exact) mass is 340 g/mol. The van der Waals surface area contributed by atoms with Gasteiger partial charge in [0.1, 0.15) is 5.15 Å². The zero-order valence-electron chi connectivity index (χ0n) is 12.7. The number of carbonyl (C=O) groups is 2. The third-order valence-electron chi connectivity index (χ3n) is 3.70. The molecule has 0 aliphatic heterocycles. The van der Waals surface area contributed by atoms with E-state index in [0.29, 0.717) is 5.56 Å². The summed E-state index contributed by atoms with van der Waals surface area (Å²) in [4.78, 5) is 27.7. The molecule has 1 heterocycles. The van der Waals surface area contributed by atoms with Gasteiger partial charge in [0.05, 0.1) is 5.69 Å². The van der Waals surface area contributed by atoms with Crippen LogP contribution in [0.15, 0.2) is 48.5 Å². The molecular formula is C18H13ClN2O3. The van der Waals surface area contributed by atoms with E-state index in [2.05, 4.69) is 10.3 Å². The average Bonchev–Trinajstić information content (AvgIpc) is 2.56. The standard InChI is InChI=1S/C18H13ClN2O3/c1-10-6-7-13(12-5-3-2-4-11(10)12)17(22)20-14-8-9-15(19)21-16(14)18(23)24/h2-9H,1H3,(H,20,22)(H,23,24). The summed E-state index contributed by atoms with van der Waals surface area (Å²) in [6.07, 6.45) is 0. The van der Waals surface area contributed by atoms with Crippen LogP contribution in [0.3, 0.4) is 0 Å². The highest BCUT2D eigenvalue weighted by molar-refractivity contribution is 6.29. The molecule has 0 saturated heterocycles. The normalized spacial score (nSPS) is 10.6. The molecule has 0 atom stereocenters. The summed E-state index contributed by atoms with van der Waals surface area (Å²) in [7, 11) is 0. The third-order valence-corrected chi connectivity index (χ3v) is 3.91. The largest absolute Gasteiger partial charge is 0.476 e. The van der Waals surface area contributed by atoms with Crippen LogP contribution in [0, 0.1) is 6.92 Å². The first-order valence-corrected chi connectivity index (χ1v) is 7.54. The molecule has 0 unspecified atom stereocenters. The molecule has 0 bridgehead atoms. The lowest BCUT2D eigenvalue weighted by Crippen LogP contribution is -2.16. The van der Waals surface area contributed by atoms with E-state index in [1.54, 1.807) is 6.07 Å². The Morgan fingerprint density at radius 1 is 1.04 bits per heavy atom. The van der Waals surface area contributed by atoms with Crippen LogP contribution < -0.4 is 5.32 Å². The molecule has 0 spiro atoms. The van der Waals surface area contributed by atoms with Crippen molar-refractivity contribution in [1.29, 1.82) is 0 Å². The number of hydrogen-bond donors (Lipinski definition) is 2. The number of amides is 1. The molecule has 0 aliphatic carbocycles. The van der Waals surface area contributed by atoms with E-state index < -0.39 is 11.9 Å². The summed E-state index contributed by atoms with van der Waals surface area (Å²) in [5, 5.41) is 13.6. The summed E-state index contributed by atoms with van der Waals surface area (Å²) in [5.41, 5.74) is 1.32. The van der Waals surface area contributed by atoms with Crippen molar-refractivity contribution in [3.05, 3.63) is 70.5 Å². The Labute approximate surface area is 142 Å². The molecule has 2 N–H and O–H groups in total. The maximum Gasteiger partial charge on any atom is 0.356 e. The highest BCUT2D eigenvalue weighted by atomic mass is 35.5. The Balaban J connectivity index is 2.03. The summed E-state index contributed by atoms with van der Waals surface area (Å²) in [6, 6.07) is 14.0. The lowest BCUT2D eigenvalue weighted by atomic mass is 10.00. The molecule has 0 radical (unpaired) electrons. The van der Waals surface area contributed by atoms with Crippen molar-refractivity contribution in [2.75, 3.05) is 5.32 Å². The molecule has 3 aromatic rings. The topological polar surface area (TPSA) is 79.3 Å². The molecule has 2 aromatic carbocycles. The van der Waals surface area contributed by atoms with Crippen LogP contribution in [0.4, 0.5) is 5.69 Å². The van der Waals surface area contributed by atoms with Gasteiger partial charge < -0.3 is 10.4 Å². The quantitative estimate of drug-likeness (QED) is 0.702. The summed E-state index contributed by atoms with van der Waals surface area (Å²) in [5.74, 6) is -1.67. The van der Waals surface area contributed by atoms with Gasteiger partial charge in [-0.2, -0.15) is 0 Å². The number of nitrogens with one attached hydrogen (secondary N) is 1. The van der Waals surface area contributed by atoms with Crippen molar-refractivity contribution in [2.24, 2.45) is 0 Å². The highest BCUT2D eigenvalue weighted by Gasteiger charge is 2.17. The fraction of sp³-hybridized carbons (Fsp3) is 0.0556. The van der Waals surface area contributed by atoms with Crippen molar-refractivity contribution in [2.45, 2.75) is 6.92 Å². The molecule has 24 heavy (non-hydrogen) atoms. The van der Waals surface area contributed by atoms with Crippen LogP contribution in [0.25, 0.3) is 10.8 Å². The number of pyridine rings is 1. The number of aromatic nitrogens is 1. The number of benzene rings is 2. The number of aromatic carboxylic acids is 1. The van der Waals surface area contributed by atoms with Gasteiger partial charge in [-0.25, -0.2) is 9.78 Å². The second kappa shape index (κ2) is 6.29. The summed E-state index contributed by atoms with van der Waals surface area (Å²) in [6.45, 7) is 1.97. The molecule has 1 amide bonds. The van der Waals surface area contributed by atoms with Gasteiger partial charge in [0.25, 0.3) is 5.91 Å². The maximum atomic E-state index is 12.6. The molecule has 120 valence electrons. The molecule has 0 saturated carbocycles. The zero-order valence-corrected chi connectivity index (χ0v) is 13.5. The van der Waals surface area contributed by atoms with E-state index >= 15 is 0 Å². The van der Waals surface area contributed by atoms with Gasteiger partial charge in [-0.3, -0.25) is 4.79 Å². The Morgan fingerprint density at radius 2 is 1.75 bits per heavy atom. The number of carboxylic acid groups (broad SMARTS) is 1. The first kappa shape index (κ1) is 16.0. The van der Waals surface area contributed by atoms with Crippen LogP contribution in [0.1, 0.15) is 26.4 Å². The summed E-state index contributed by atoms with van der Waals surface area (Å²) >= 11 is 5.72. The molecule has 5 nitrogen and oxygen atoms in total. The van der Waals surface area contributed by atoms with Crippen molar-refractivity contribution in [3.63, 3.8) is 0 Å². The second-order valence-electron chi connectivity index (χ2n) is 5.27. The Bertz CT molecular complexity index is 970. The Morgan fingerprint density at radius 3 is 2.46 bits per heavy atom. The number of carbonyl (C=O) groups excluding carboxylic acids is 1. The van der Waals surface area contributed by atoms with Crippen LogP contribution in [0.2, 0.25) is 5.15 Å². The minimum absolute atomic E-state index is 0.0474. The number of aryl methyl sites for hydroxylation is 1. The minimum atomic E-state index is -1.26. The molecular weight excluding hydrogens is 328 g/mol. The second-order valence-corrected chi connectivity index (χ2v) is 5.65. The van der Waals surface area contributed by atoms with Gasteiger partial charge in [0, 0.05) is 5.56 Å². The molecule has 1 aromatic heterocycles. The number of hydrogen-bond acceptors (Lipinski definition) is 3. The number of carboxylic acids is 1.